The number of hydrogen-bond acceptors (Lipinski definition) is 9. The molecule has 0 atom stereocenters. The summed E-state index contributed by atoms with van der Waals surface area (Å²) in [6.45, 7) is 5.48. The normalized spacial score (nSPS) is 11.0. The van der Waals surface area contributed by atoms with E-state index in [9.17, 15) is 9.59 Å². The first-order chi connectivity index (χ1) is 21.4. The number of halogens is 2. The van der Waals surface area contributed by atoms with Gasteiger partial charge in [0, 0.05) is 30.3 Å². The van der Waals surface area contributed by atoms with E-state index < -0.39 is 17.7 Å². The molecule has 230 valence electrons. The van der Waals surface area contributed by atoms with Crippen molar-refractivity contribution in [1.82, 2.24) is 9.97 Å². The molecular formula is C32H25I2N3O6S2. The van der Waals surface area contributed by atoms with Crippen LogP contribution in [0.3, 0.4) is 0 Å². The minimum atomic E-state index is -0.939. The van der Waals surface area contributed by atoms with Gasteiger partial charge in [0.2, 0.25) is 0 Å². The predicted octanol–water partition coefficient (Wildman–Crippen LogP) is 10.4. The highest BCUT2D eigenvalue weighted by Gasteiger charge is 2.18. The highest BCUT2D eigenvalue weighted by Crippen LogP contribution is 2.37. The molecule has 0 aliphatic heterocycles. The van der Waals surface area contributed by atoms with Gasteiger partial charge in [-0.3, -0.25) is 15.3 Å². The lowest BCUT2D eigenvalue weighted by Crippen LogP contribution is -2.26. The summed E-state index contributed by atoms with van der Waals surface area (Å²) in [7, 11) is 0. The topological polar surface area (TPSA) is 120 Å². The number of anilines is 1. The van der Waals surface area contributed by atoms with Gasteiger partial charge in [0.05, 0.1) is 26.8 Å². The molecule has 6 rings (SSSR count). The standard InChI is InChI=1S/C18H17IN2O3S.C14H8INO3S/c1-18(2,3)24-17(22)21-16-8-13-14(9-20-10-15(13)25-16)23-12-6-4-11(19)5-7-12;15-8-1-3-9(4-2-8)19-11-6-16-7-13-10(11)5-12(20-13)14(17)18/h4-10H,1-3H3,(H,21,22);1-7H,(H,17,18). The van der Waals surface area contributed by atoms with Gasteiger partial charge in [0.25, 0.3) is 0 Å². The number of carbonyl (C=O) groups excluding carboxylic acids is 1. The van der Waals surface area contributed by atoms with Gasteiger partial charge in [0.1, 0.15) is 22.0 Å². The zero-order valence-corrected chi connectivity index (χ0v) is 30.0. The van der Waals surface area contributed by atoms with Crippen molar-refractivity contribution in [2.75, 3.05) is 5.32 Å². The van der Waals surface area contributed by atoms with Crippen LogP contribution in [0.4, 0.5) is 9.80 Å². The minimum Gasteiger partial charge on any atom is -0.477 e. The Morgan fingerprint density at radius 1 is 0.756 bits per heavy atom. The summed E-state index contributed by atoms with van der Waals surface area (Å²) in [5.41, 5.74) is -0.540. The number of aromatic carboxylic acids is 1. The van der Waals surface area contributed by atoms with Gasteiger partial charge in [-0.15, -0.1) is 22.7 Å². The number of rotatable bonds is 6. The molecule has 0 bridgehead atoms. The van der Waals surface area contributed by atoms with E-state index >= 15 is 0 Å². The van der Waals surface area contributed by atoms with E-state index in [1.165, 1.54) is 22.7 Å². The van der Waals surface area contributed by atoms with Crippen LogP contribution in [0.2, 0.25) is 0 Å². The Kier molecular flexibility index (Phi) is 10.4. The van der Waals surface area contributed by atoms with Crippen LogP contribution in [0.15, 0.2) is 85.5 Å². The van der Waals surface area contributed by atoms with Crippen molar-refractivity contribution < 1.29 is 28.9 Å². The van der Waals surface area contributed by atoms with Gasteiger partial charge < -0.3 is 19.3 Å². The van der Waals surface area contributed by atoms with Crippen molar-refractivity contribution in [3.63, 3.8) is 0 Å². The molecule has 0 saturated carbocycles. The van der Waals surface area contributed by atoms with Gasteiger partial charge >= 0.3 is 12.1 Å². The number of ether oxygens (including phenoxy) is 3. The number of carboxylic acid groups (broad SMARTS) is 1. The highest BCUT2D eigenvalue weighted by atomic mass is 127. The zero-order chi connectivity index (χ0) is 32.1. The molecule has 1 amide bonds. The lowest BCUT2D eigenvalue weighted by atomic mass is 10.2. The Morgan fingerprint density at radius 2 is 1.24 bits per heavy atom. The van der Waals surface area contributed by atoms with Crippen molar-refractivity contribution in [1.29, 1.82) is 0 Å². The molecule has 0 spiro atoms. The number of hydrogen-bond donors (Lipinski definition) is 2. The second kappa shape index (κ2) is 14.3. The summed E-state index contributed by atoms with van der Waals surface area (Å²) in [6, 6.07) is 18.9. The Hall–Kier alpha value is -3.54. The van der Waals surface area contributed by atoms with Crippen LogP contribution in [-0.2, 0) is 4.74 Å². The van der Waals surface area contributed by atoms with Crippen LogP contribution in [0.5, 0.6) is 23.0 Å². The fourth-order valence-electron chi connectivity index (χ4n) is 3.86. The molecule has 4 heterocycles. The molecule has 13 heteroatoms. The number of thiophene rings is 2. The van der Waals surface area contributed by atoms with E-state index in [2.05, 4.69) is 60.5 Å². The maximum absolute atomic E-state index is 11.9. The van der Waals surface area contributed by atoms with Crippen LogP contribution in [0.1, 0.15) is 30.4 Å². The number of nitrogens with one attached hydrogen (secondary N) is 1. The molecule has 2 N–H and O–H groups in total. The minimum absolute atomic E-state index is 0.278. The van der Waals surface area contributed by atoms with Gasteiger partial charge in [-0.25, -0.2) is 9.59 Å². The number of pyridine rings is 2. The molecule has 0 saturated heterocycles. The summed E-state index contributed by atoms with van der Waals surface area (Å²) in [5, 5.41) is 14.1. The molecule has 0 radical (unpaired) electrons. The monoisotopic (exact) mass is 865 g/mol. The number of nitrogens with zero attached hydrogens (tertiary/aromatic N) is 2. The quantitative estimate of drug-likeness (QED) is 0.159. The summed E-state index contributed by atoms with van der Waals surface area (Å²) >= 11 is 7.08. The first kappa shape index (κ1) is 32.8. The van der Waals surface area contributed by atoms with Gasteiger partial charge in [-0.1, -0.05) is 0 Å². The molecule has 0 unspecified atom stereocenters. The largest absolute Gasteiger partial charge is 0.477 e. The first-order valence-electron chi connectivity index (χ1n) is 13.3. The number of carboxylic acids is 1. The molecule has 9 nitrogen and oxygen atoms in total. The van der Waals surface area contributed by atoms with E-state index in [0.29, 0.717) is 22.2 Å². The maximum atomic E-state index is 11.9. The van der Waals surface area contributed by atoms with Crippen LogP contribution in [0.25, 0.3) is 20.2 Å². The number of amides is 1. The second-order valence-electron chi connectivity index (χ2n) is 10.4. The third-order valence-corrected chi connectivity index (χ3v) is 9.22. The van der Waals surface area contributed by atoms with Crippen LogP contribution >= 0.6 is 67.9 Å². The molecule has 2 aromatic carbocycles. The summed E-state index contributed by atoms with van der Waals surface area (Å²) in [6.07, 6.45) is 6.18. The Balaban J connectivity index is 0.000000182. The van der Waals surface area contributed by atoms with Gasteiger partial charge in [-0.2, -0.15) is 0 Å². The van der Waals surface area contributed by atoms with Crippen molar-refractivity contribution >= 4 is 105 Å². The molecule has 0 fully saturated rings. The predicted molar refractivity (Wildman–Crippen MR) is 195 cm³/mol. The van der Waals surface area contributed by atoms with Crippen molar-refractivity contribution in [3.8, 4) is 23.0 Å². The molecule has 6 aromatic rings. The Labute approximate surface area is 293 Å². The van der Waals surface area contributed by atoms with Crippen LogP contribution < -0.4 is 14.8 Å². The smallest absolute Gasteiger partial charge is 0.412 e. The number of benzene rings is 2. The molecule has 45 heavy (non-hydrogen) atoms. The van der Waals surface area contributed by atoms with E-state index in [0.717, 1.165) is 33.1 Å². The average Bonchev–Trinajstić information content (AvgIpc) is 3.60. The fraction of sp³-hybridized carbons (Fsp3) is 0.125. The lowest BCUT2D eigenvalue weighted by molar-refractivity contribution is 0.0634. The van der Waals surface area contributed by atoms with E-state index in [4.69, 9.17) is 19.3 Å². The molecule has 4 aromatic heterocycles. The number of carbonyl (C=O) groups is 2. The second-order valence-corrected chi connectivity index (χ2v) is 15.0. The van der Waals surface area contributed by atoms with E-state index in [-0.39, 0.29) is 4.88 Å². The van der Waals surface area contributed by atoms with Crippen LogP contribution in [-0.4, -0.2) is 32.7 Å². The summed E-state index contributed by atoms with van der Waals surface area (Å²) in [5.74, 6) is 1.71. The third-order valence-electron chi connectivity index (χ3n) is 5.74. The molecule has 0 aliphatic carbocycles. The van der Waals surface area contributed by atoms with Crippen molar-refractivity contribution in [2.24, 2.45) is 0 Å². The van der Waals surface area contributed by atoms with Gasteiger partial charge in [-0.05, 0) is 127 Å². The van der Waals surface area contributed by atoms with Crippen LogP contribution in [0, 0.1) is 7.14 Å². The van der Waals surface area contributed by atoms with Gasteiger partial charge in [0.15, 0.2) is 11.5 Å². The fourth-order valence-corrected chi connectivity index (χ4v) is 6.40. The van der Waals surface area contributed by atoms with Crippen molar-refractivity contribution in [2.45, 2.75) is 26.4 Å². The Bertz CT molecular complexity index is 1970. The Morgan fingerprint density at radius 3 is 1.73 bits per heavy atom. The van der Waals surface area contributed by atoms with E-state index in [1.54, 1.807) is 30.9 Å². The number of aromatic nitrogens is 2. The van der Waals surface area contributed by atoms with Crippen molar-refractivity contribution in [3.05, 3.63) is 97.5 Å². The molecule has 0 aliphatic rings. The number of fused-ring (bicyclic) bond motifs is 2. The first-order valence-corrected chi connectivity index (χ1v) is 17.1. The SMILES string of the molecule is CC(C)(C)OC(=O)Nc1cc2c(Oc3ccc(I)cc3)cncc2s1.O=C(O)c1cc2c(Oc3ccc(I)cc3)cncc2s1. The zero-order valence-electron chi connectivity index (χ0n) is 24.0. The average molecular weight is 866 g/mol. The summed E-state index contributed by atoms with van der Waals surface area (Å²) in [4.78, 5) is 31.6. The molecular weight excluding hydrogens is 840 g/mol. The highest BCUT2D eigenvalue weighted by molar-refractivity contribution is 14.1. The maximum Gasteiger partial charge on any atom is 0.412 e. The van der Waals surface area contributed by atoms with E-state index in [1.807, 2.05) is 75.4 Å². The third kappa shape index (κ3) is 9.02. The lowest BCUT2D eigenvalue weighted by Gasteiger charge is -2.19. The summed E-state index contributed by atoms with van der Waals surface area (Å²) < 4.78 is 21.0.